The third-order valence-electron chi connectivity index (χ3n) is 8.20. The fourth-order valence-electron chi connectivity index (χ4n) is 6.15. The first-order valence-electron chi connectivity index (χ1n) is 14.7. The van der Waals surface area contributed by atoms with Crippen molar-refractivity contribution in [1.82, 2.24) is 20.2 Å². The van der Waals surface area contributed by atoms with Gasteiger partial charge in [-0.2, -0.15) is 5.10 Å². The van der Waals surface area contributed by atoms with Crippen LogP contribution in [0.1, 0.15) is 90.9 Å². The van der Waals surface area contributed by atoms with Gasteiger partial charge in [0.1, 0.15) is 0 Å². The van der Waals surface area contributed by atoms with Gasteiger partial charge < -0.3 is 15.3 Å². The molecule has 3 heterocycles. The number of halogens is 2. The number of benzene rings is 2. The van der Waals surface area contributed by atoms with Crippen molar-refractivity contribution in [3.8, 4) is 0 Å². The van der Waals surface area contributed by atoms with Crippen LogP contribution >= 0.6 is 23.2 Å². The summed E-state index contributed by atoms with van der Waals surface area (Å²) in [6.07, 6.45) is 0.254. The van der Waals surface area contributed by atoms with Gasteiger partial charge in [-0.05, 0) is 87.4 Å². The zero-order chi connectivity index (χ0) is 31.2. The van der Waals surface area contributed by atoms with Gasteiger partial charge in [0.15, 0.2) is 5.69 Å². The maximum Gasteiger partial charge on any atom is 0.426 e. The molecule has 1 aromatic heterocycles. The molecule has 2 N–H and O–H groups in total. The number of anilines is 1. The molecule has 1 unspecified atom stereocenters. The average molecular weight is 629 g/mol. The predicted octanol–water partition coefficient (Wildman–Crippen LogP) is 6.56. The smallest absolute Gasteiger partial charge is 0.388 e. The monoisotopic (exact) mass is 627 g/mol. The Balaban J connectivity index is 1.52. The molecule has 9 nitrogen and oxygen atoms in total. The van der Waals surface area contributed by atoms with Gasteiger partial charge in [-0.1, -0.05) is 49.2 Å². The molecule has 0 spiro atoms. The molecule has 0 aliphatic carbocycles. The molecule has 5 rings (SSSR count). The molecule has 2 amide bonds. The second-order valence-corrected chi connectivity index (χ2v) is 13.2. The Labute approximate surface area is 262 Å². The Kier molecular flexibility index (Phi) is 8.82. The summed E-state index contributed by atoms with van der Waals surface area (Å²) in [5, 5.41) is 22.0. The lowest BCUT2D eigenvalue weighted by Crippen LogP contribution is -2.49. The summed E-state index contributed by atoms with van der Waals surface area (Å²) < 4.78 is 1.82. The molecular weight excluding hydrogens is 589 g/mol. The summed E-state index contributed by atoms with van der Waals surface area (Å²) in [5.41, 5.74) is 4.56. The lowest BCUT2D eigenvalue weighted by molar-refractivity contribution is -0.153. The molecule has 0 bridgehead atoms. The number of hydroxylamine groups is 2. The minimum absolute atomic E-state index is 0.00585. The van der Waals surface area contributed by atoms with Crippen LogP contribution in [-0.2, 0) is 11.4 Å². The van der Waals surface area contributed by atoms with Crippen LogP contribution in [-0.4, -0.2) is 56.7 Å². The third-order valence-corrected chi connectivity index (χ3v) is 8.67. The summed E-state index contributed by atoms with van der Waals surface area (Å²) >= 11 is 12.8. The van der Waals surface area contributed by atoms with Crippen LogP contribution in [0.25, 0.3) is 0 Å². The number of carbonyl (C=O) groups is 2. The highest BCUT2D eigenvalue weighted by Gasteiger charge is 2.46. The second-order valence-electron chi connectivity index (χ2n) is 12.3. The van der Waals surface area contributed by atoms with Gasteiger partial charge in [-0.15, -0.1) is 5.06 Å². The number of nitrogens with one attached hydrogen (secondary N) is 1. The normalized spacial score (nSPS) is 18.4. The van der Waals surface area contributed by atoms with Gasteiger partial charge in [-0.3, -0.25) is 14.4 Å². The minimum Gasteiger partial charge on any atom is -0.388 e. The molecule has 0 saturated carbocycles. The highest BCUT2D eigenvalue weighted by molar-refractivity contribution is 6.31. The number of amides is 2. The van der Waals surface area contributed by atoms with Crippen molar-refractivity contribution >= 4 is 40.9 Å². The molecule has 3 aromatic rings. The number of nitrogens with zero attached hydrogens (tertiary/aromatic N) is 4. The Bertz CT molecular complexity index is 1540. The quantitative estimate of drug-likeness (QED) is 0.308. The second kappa shape index (κ2) is 12.1. The number of fused-ring (bicyclic) bond motifs is 1. The number of rotatable bonds is 7. The number of aryl methyl sites for hydroxylation is 2. The predicted molar refractivity (Wildman–Crippen MR) is 168 cm³/mol. The molecule has 2 aromatic carbocycles. The van der Waals surface area contributed by atoms with Crippen LogP contribution in [0.2, 0.25) is 10.0 Å². The fourth-order valence-corrected chi connectivity index (χ4v) is 6.54. The largest absolute Gasteiger partial charge is 0.426 e. The third kappa shape index (κ3) is 6.27. The van der Waals surface area contributed by atoms with Crippen LogP contribution in [0.5, 0.6) is 0 Å². The maximum absolute atomic E-state index is 14.3. The summed E-state index contributed by atoms with van der Waals surface area (Å²) in [7, 11) is 0. The van der Waals surface area contributed by atoms with Gasteiger partial charge in [0.05, 0.1) is 18.2 Å². The van der Waals surface area contributed by atoms with Crippen molar-refractivity contribution in [2.75, 3.05) is 18.0 Å². The number of hydrogen-bond acceptors (Lipinski definition) is 6. The lowest BCUT2D eigenvalue weighted by Gasteiger charge is -2.37. The highest BCUT2D eigenvalue weighted by Crippen LogP contribution is 2.47. The molecule has 1 atom stereocenters. The highest BCUT2D eigenvalue weighted by atomic mass is 35.5. The molecule has 2 aliphatic heterocycles. The van der Waals surface area contributed by atoms with E-state index in [-0.39, 0.29) is 24.4 Å². The number of piperidine rings is 1. The molecule has 1 fully saturated rings. The first-order chi connectivity index (χ1) is 20.3. The van der Waals surface area contributed by atoms with Crippen molar-refractivity contribution in [1.29, 1.82) is 0 Å². The van der Waals surface area contributed by atoms with E-state index in [4.69, 9.17) is 33.1 Å². The van der Waals surface area contributed by atoms with E-state index < -0.39 is 17.7 Å². The van der Waals surface area contributed by atoms with E-state index >= 15 is 0 Å². The molecule has 11 heteroatoms. The number of carbonyl (C=O) groups excluding carboxylic acids is 2. The van der Waals surface area contributed by atoms with Gasteiger partial charge in [0.2, 0.25) is 0 Å². The van der Waals surface area contributed by atoms with E-state index in [1.165, 1.54) is 0 Å². The lowest BCUT2D eigenvalue weighted by atomic mass is 9.90. The van der Waals surface area contributed by atoms with Crippen molar-refractivity contribution < 1.29 is 19.5 Å². The Morgan fingerprint density at radius 2 is 1.72 bits per heavy atom. The van der Waals surface area contributed by atoms with Gasteiger partial charge in [0, 0.05) is 46.1 Å². The molecule has 1 saturated heterocycles. The molecule has 2 aliphatic rings. The van der Waals surface area contributed by atoms with E-state index in [9.17, 15) is 14.7 Å². The molecular formula is C32H39Cl2N5O4. The zero-order valence-electron chi connectivity index (χ0n) is 25.4. The van der Waals surface area contributed by atoms with Gasteiger partial charge in [0.25, 0.3) is 5.91 Å². The van der Waals surface area contributed by atoms with Crippen molar-refractivity contribution in [2.24, 2.45) is 0 Å². The topological polar surface area (TPSA) is 99.9 Å². The minimum atomic E-state index is -1.09. The SMILES string of the molecule is Cc1cc(Cl)ccc1C1c2c(nn(CC3(O)CCN(OC(=O)NC(C)C)CC3)c2C(C)C)C(=O)N1c1cc(Cl)ccc1C. The average Bonchev–Trinajstić information content (AvgIpc) is 3.40. The zero-order valence-corrected chi connectivity index (χ0v) is 27.0. The van der Waals surface area contributed by atoms with Gasteiger partial charge >= 0.3 is 6.09 Å². The van der Waals surface area contributed by atoms with Crippen LogP contribution < -0.4 is 10.2 Å². The Morgan fingerprint density at radius 3 is 2.35 bits per heavy atom. The summed E-state index contributed by atoms with van der Waals surface area (Å²) in [4.78, 5) is 33.5. The molecule has 230 valence electrons. The van der Waals surface area contributed by atoms with E-state index in [1.54, 1.807) is 9.96 Å². The first-order valence-corrected chi connectivity index (χ1v) is 15.5. The Morgan fingerprint density at radius 1 is 1.07 bits per heavy atom. The molecule has 43 heavy (non-hydrogen) atoms. The van der Waals surface area contributed by atoms with Gasteiger partial charge in [-0.25, -0.2) is 4.79 Å². The fraction of sp³-hybridized carbons (Fsp3) is 0.469. The van der Waals surface area contributed by atoms with Crippen molar-refractivity contribution in [3.63, 3.8) is 0 Å². The van der Waals surface area contributed by atoms with E-state index in [0.29, 0.717) is 41.7 Å². The number of hydrogen-bond donors (Lipinski definition) is 2. The van der Waals surface area contributed by atoms with E-state index in [2.05, 4.69) is 19.2 Å². The summed E-state index contributed by atoms with van der Waals surface area (Å²) in [6.45, 7) is 12.8. The maximum atomic E-state index is 14.3. The van der Waals surface area contributed by atoms with E-state index in [0.717, 1.165) is 33.6 Å². The van der Waals surface area contributed by atoms with Crippen LogP contribution in [0, 0.1) is 13.8 Å². The summed E-state index contributed by atoms with van der Waals surface area (Å²) in [6, 6.07) is 10.8. The standard InChI is InChI=1S/C32H39Cl2N5O4/c1-18(2)28-26-27(36-38(28)17-32(42)11-13-37(14-12-32)43-31(41)35-19(3)4)30(40)39(25-16-23(34)8-7-20(25)5)29(26)24-10-9-22(33)15-21(24)6/h7-10,15-16,18-19,29,42H,11-14,17H2,1-6H3,(H,35,41). The number of aliphatic hydroxyl groups is 1. The van der Waals surface area contributed by atoms with Crippen molar-refractivity contribution in [3.05, 3.63) is 80.1 Å². The van der Waals surface area contributed by atoms with Crippen LogP contribution in [0.4, 0.5) is 10.5 Å². The summed E-state index contributed by atoms with van der Waals surface area (Å²) in [5.74, 6) is -0.210. The van der Waals surface area contributed by atoms with E-state index in [1.807, 2.05) is 68.8 Å². The number of aromatic nitrogens is 2. The van der Waals surface area contributed by atoms with Crippen LogP contribution in [0.15, 0.2) is 36.4 Å². The molecule has 0 radical (unpaired) electrons. The van der Waals surface area contributed by atoms with Crippen molar-refractivity contribution in [2.45, 2.75) is 84.5 Å². The van der Waals surface area contributed by atoms with Crippen LogP contribution in [0.3, 0.4) is 0 Å². The Hall–Kier alpha value is -3.11. The first kappa shape index (κ1) is 31.3.